The number of carbonyl (C=O) groups is 2. The summed E-state index contributed by atoms with van der Waals surface area (Å²) in [7, 11) is 0. The van der Waals surface area contributed by atoms with Gasteiger partial charge in [-0.25, -0.2) is 0 Å². The molecule has 1 fully saturated rings. The molecule has 138 valence electrons. The van der Waals surface area contributed by atoms with E-state index in [4.69, 9.17) is 0 Å². The van der Waals surface area contributed by atoms with Gasteiger partial charge in [0.15, 0.2) is 0 Å². The largest absolute Gasteiger partial charge is 0.481 e. The molecular formula is C20H25N3O3. The van der Waals surface area contributed by atoms with Crippen LogP contribution in [0, 0.1) is 0 Å². The Kier molecular flexibility index (Phi) is 4.85. The van der Waals surface area contributed by atoms with Crippen LogP contribution in [-0.2, 0) is 10.3 Å². The zero-order valence-electron chi connectivity index (χ0n) is 15.4. The molecule has 0 aliphatic heterocycles. The van der Waals surface area contributed by atoms with Crippen molar-refractivity contribution < 1.29 is 14.7 Å². The van der Waals surface area contributed by atoms with Crippen molar-refractivity contribution in [3.63, 3.8) is 0 Å². The minimum Gasteiger partial charge on any atom is -0.481 e. The monoisotopic (exact) mass is 355 g/mol. The molecule has 1 aromatic heterocycles. The van der Waals surface area contributed by atoms with Gasteiger partial charge in [0.1, 0.15) is 5.69 Å². The van der Waals surface area contributed by atoms with Crippen LogP contribution in [-0.4, -0.2) is 33.3 Å². The summed E-state index contributed by atoms with van der Waals surface area (Å²) in [6, 6.07) is 10.8. The summed E-state index contributed by atoms with van der Waals surface area (Å²) in [6.45, 7) is 6.20. The topological polar surface area (TPSA) is 84.2 Å². The molecule has 0 spiro atoms. The van der Waals surface area contributed by atoms with Crippen molar-refractivity contribution in [2.24, 2.45) is 0 Å². The van der Waals surface area contributed by atoms with Crippen molar-refractivity contribution >= 4 is 11.9 Å². The van der Waals surface area contributed by atoms with Gasteiger partial charge in [0.2, 0.25) is 0 Å². The Labute approximate surface area is 153 Å². The zero-order chi connectivity index (χ0) is 18.9. The van der Waals surface area contributed by atoms with Crippen molar-refractivity contribution in [3.05, 3.63) is 53.3 Å². The minimum absolute atomic E-state index is 0.0271. The predicted molar refractivity (Wildman–Crippen MR) is 98.4 cm³/mol. The number of benzene rings is 1. The Bertz CT molecular complexity index is 801. The number of amides is 1. The molecule has 1 unspecified atom stereocenters. The molecule has 2 aromatic rings. The van der Waals surface area contributed by atoms with Crippen molar-refractivity contribution in [2.75, 3.05) is 6.54 Å². The van der Waals surface area contributed by atoms with Gasteiger partial charge in [-0.05, 0) is 45.2 Å². The van der Waals surface area contributed by atoms with Gasteiger partial charge in [0.05, 0.1) is 11.5 Å². The summed E-state index contributed by atoms with van der Waals surface area (Å²) in [4.78, 5) is 24.1. The number of aliphatic carboxylic acids is 1. The maximum Gasteiger partial charge on any atom is 0.312 e. The molecule has 1 heterocycles. The van der Waals surface area contributed by atoms with E-state index in [0.29, 0.717) is 17.2 Å². The van der Waals surface area contributed by atoms with E-state index >= 15 is 0 Å². The number of hydrogen-bond acceptors (Lipinski definition) is 3. The molecule has 26 heavy (non-hydrogen) atoms. The van der Waals surface area contributed by atoms with E-state index in [1.165, 1.54) is 0 Å². The zero-order valence-corrected chi connectivity index (χ0v) is 15.4. The summed E-state index contributed by atoms with van der Waals surface area (Å²) in [5.41, 5.74) is 1.89. The number of hydrogen-bond donors (Lipinski definition) is 2. The molecule has 1 amide bonds. The molecule has 1 saturated carbocycles. The highest BCUT2D eigenvalue weighted by Gasteiger charge is 2.32. The third-order valence-electron chi connectivity index (χ3n) is 4.57. The summed E-state index contributed by atoms with van der Waals surface area (Å²) >= 11 is 0. The smallest absolute Gasteiger partial charge is 0.312 e. The number of aromatic nitrogens is 2. The predicted octanol–water partition coefficient (Wildman–Crippen LogP) is 3.11. The average molecular weight is 355 g/mol. The van der Waals surface area contributed by atoms with Crippen LogP contribution in [0.2, 0.25) is 0 Å². The van der Waals surface area contributed by atoms with Crippen LogP contribution in [0.5, 0.6) is 0 Å². The number of carboxylic acids is 1. The quantitative estimate of drug-likeness (QED) is 0.834. The van der Waals surface area contributed by atoms with Crippen LogP contribution in [0.15, 0.2) is 36.4 Å². The summed E-state index contributed by atoms with van der Waals surface area (Å²) in [5, 5.41) is 16.7. The summed E-state index contributed by atoms with van der Waals surface area (Å²) < 4.78 is 1.92. The van der Waals surface area contributed by atoms with Gasteiger partial charge in [-0.15, -0.1) is 0 Å². The van der Waals surface area contributed by atoms with Gasteiger partial charge < -0.3 is 10.4 Å². The van der Waals surface area contributed by atoms with Crippen molar-refractivity contribution in [3.8, 4) is 0 Å². The van der Waals surface area contributed by atoms with Crippen LogP contribution >= 0.6 is 0 Å². The van der Waals surface area contributed by atoms with Crippen LogP contribution in [0.1, 0.15) is 67.2 Å². The fourth-order valence-electron chi connectivity index (χ4n) is 3.03. The van der Waals surface area contributed by atoms with Gasteiger partial charge >= 0.3 is 5.97 Å². The van der Waals surface area contributed by atoms with Gasteiger partial charge in [-0.2, -0.15) is 5.10 Å². The highest BCUT2D eigenvalue weighted by Crippen LogP contribution is 2.41. The molecule has 1 aromatic carbocycles. The maximum atomic E-state index is 12.6. The highest BCUT2D eigenvalue weighted by atomic mass is 16.4. The first-order chi connectivity index (χ1) is 12.3. The van der Waals surface area contributed by atoms with E-state index in [-0.39, 0.29) is 18.0 Å². The van der Waals surface area contributed by atoms with E-state index in [2.05, 4.69) is 31.2 Å². The second-order valence-electron chi connectivity index (χ2n) is 7.82. The number of rotatable bonds is 6. The first-order valence-corrected chi connectivity index (χ1v) is 8.94. The first-order valence-electron chi connectivity index (χ1n) is 8.94. The Morgan fingerprint density at radius 2 is 1.92 bits per heavy atom. The lowest BCUT2D eigenvalue weighted by Crippen LogP contribution is -2.32. The van der Waals surface area contributed by atoms with Crippen LogP contribution in [0.25, 0.3) is 0 Å². The first kappa shape index (κ1) is 18.2. The van der Waals surface area contributed by atoms with Gasteiger partial charge in [0, 0.05) is 18.2 Å². The Morgan fingerprint density at radius 1 is 1.27 bits per heavy atom. The number of carboxylic acid groups (broad SMARTS) is 1. The van der Waals surface area contributed by atoms with E-state index in [1.807, 2.05) is 16.8 Å². The van der Waals surface area contributed by atoms with Gasteiger partial charge in [-0.1, -0.05) is 30.3 Å². The molecule has 6 heteroatoms. The molecule has 3 rings (SSSR count). The van der Waals surface area contributed by atoms with E-state index in [0.717, 1.165) is 18.5 Å². The van der Waals surface area contributed by atoms with Gasteiger partial charge in [0.25, 0.3) is 5.91 Å². The van der Waals surface area contributed by atoms with E-state index in [9.17, 15) is 14.7 Å². The summed E-state index contributed by atoms with van der Waals surface area (Å²) in [5.74, 6) is -1.61. The fourth-order valence-corrected chi connectivity index (χ4v) is 3.03. The lowest BCUT2D eigenvalue weighted by atomic mass is 9.99. The Morgan fingerprint density at radius 3 is 2.46 bits per heavy atom. The highest BCUT2D eigenvalue weighted by molar-refractivity contribution is 5.93. The van der Waals surface area contributed by atoms with Gasteiger partial charge in [-0.3, -0.25) is 14.3 Å². The Hall–Kier alpha value is -2.63. The molecule has 0 radical (unpaired) electrons. The molecular weight excluding hydrogens is 330 g/mol. The third-order valence-corrected chi connectivity index (χ3v) is 4.57. The molecule has 6 nitrogen and oxygen atoms in total. The molecule has 1 atom stereocenters. The van der Waals surface area contributed by atoms with Crippen molar-refractivity contribution in [1.82, 2.24) is 15.1 Å². The molecule has 1 aliphatic carbocycles. The second-order valence-corrected chi connectivity index (χ2v) is 7.82. The standard InChI is InChI=1S/C20H25N3O3/c1-20(2,3)23-17(14-9-10-14)11-16(22-23)18(24)21-12-15(19(25)26)13-7-5-4-6-8-13/h4-8,11,14-15H,9-10,12H2,1-3H3,(H,21,24)(H,25,26). The minimum atomic E-state index is -0.963. The van der Waals surface area contributed by atoms with Crippen molar-refractivity contribution in [1.29, 1.82) is 0 Å². The number of nitrogens with one attached hydrogen (secondary N) is 1. The second kappa shape index (κ2) is 6.94. The Balaban J connectivity index is 1.75. The number of nitrogens with zero attached hydrogens (tertiary/aromatic N) is 2. The average Bonchev–Trinajstić information content (AvgIpc) is 3.32. The number of carbonyl (C=O) groups excluding carboxylic acids is 1. The van der Waals surface area contributed by atoms with Crippen LogP contribution in [0.3, 0.4) is 0 Å². The molecule has 0 bridgehead atoms. The maximum absolute atomic E-state index is 12.6. The van der Waals surface area contributed by atoms with Crippen LogP contribution in [0.4, 0.5) is 0 Å². The lowest BCUT2D eigenvalue weighted by molar-refractivity contribution is -0.138. The molecule has 0 saturated heterocycles. The SMILES string of the molecule is CC(C)(C)n1nc(C(=O)NCC(C(=O)O)c2ccccc2)cc1C1CC1. The van der Waals surface area contributed by atoms with Crippen molar-refractivity contribution in [2.45, 2.75) is 51.0 Å². The molecule has 2 N–H and O–H groups in total. The summed E-state index contributed by atoms with van der Waals surface area (Å²) in [6.07, 6.45) is 2.25. The normalized spacial score (nSPS) is 15.5. The van der Waals surface area contributed by atoms with E-state index in [1.54, 1.807) is 24.3 Å². The molecule has 1 aliphatic rings. The lowest BCUT2D eigenvalue weighted by Gasteiger charge is -2.22. The van der Waals surface area contributed by atoms with E-state index < -0.39 is 11.9 Å². The van der Waals surface area contributed by atoms with Crippen LogP contribution < -0.4 is 5.32 Å². The fraction of sp³-hybridized carbons (Fsp3) is 0.450. The third kappa shape index (κ3) is 3.95.